The molecule has 0 bridgehead atoms. The maximum atomic E-state index is 12.6. The summed E-state index contributed by atoms with van der Waals surface area (Å²) >= 11 is 0. The van der Waals surface area contributed by atoms with E-state index >= 15 is 0 Å². The first-order valence-corrected chi connectivity index (χ1v) is 10.9. The Hall–Kier alpha value is -1.75. The van der Waals surface area contributed by atoms with Crippen molar-refractivity contribution in [3.05, 3.63) is 23.8 Å². The number of methoxy groups -OCH3 is 2. The number of piperidine rings is 1. The summed E-state index contributed by atoms with van der Waals surface area (Å²) in [7, 11) is 3.27. The molecule has 3 rings (SSSR count). The molecule has 156 valence electrons. The first kappa shape index (κ1) is 21.0. The summed E-state index contributed by atoms with van der Waals surface area (Å²) in [6.07, 6.45) is 11.5. The Labute approximate surface area is 169 Å². The summed E-state index contributed by atoms with van der Waals surface area (Å²) in [5.41, 5.74) is 1.29. The SMILES string of the molecule is COc1ccc(CCC(=O)NCC2(N3CCCCC3)CCCCC2)cc1OC. The Kier molecular flexibility index (Phi) is 7.60. The van der Waals surface area contributed by atoms with E-state index in [0.717, 1.165) is 17.9 Å². The van der Waals surface area contributed by atoms with Crippen LogP contribution in [0.4, 0.5) is 0 Å². The van der Waals surface area contributed by atoms with E-state index in [-0.39, 0.29) is 11.4 Å². The van der Waals surface area contributed by atoms with Gasteiger partial charge in [-0.15, -0.1) is 0 Å². The Morgan fingerprint density at radius 1 is 1.00 bits per heavy atom. The molecule has 1 heterocycles. The highest BCUT2D eigenvalue weighted by Crippen LogP contribution is 2.35. The van der Waals surface area contributed by atoms with Gasteiger partial charge in [-0.3, -0.25) is 9.69 Å². The number of hydrogen-bond donors (Lipinski definition) is 1. The quantitative estimate of drug-likeness (QED) is 0.733. The maximum Gasteiger partial charge on any atom is 0.220 e. The predicted octanol–water partition coefficient (Wildman–Crippen LogP) is 3.94. The molecule has 0 spiro atoms. The number of carbonyl (C=O) groups excluding carboxylic acids is 1. The van der Waals surface area contributed by atoms with E-state index in [4.69, 9.17) is 9.47 Å². The van der Waals surface area contributed by atoms with Crippen molar-refractivity contribution in [2.45, 2.75) is 69.7 Å². The van der Waals surface area contributed by atoms with E-state index in [9.17, 15) is 4.79 Å². The molecule has 1 aliphatic heterocycles. The number of aryl methyl sites for hydroxylation is 1. The first-order valence-electron chi connectivity index (χ1n) is 10.9. The maximum absolute atomic E-state index is 12.6. The average Bonchev–Trinajstić information content (AvgIpc) is 2.77. The van der Waals surface area contributed by atoms with Gasteiger partial charge in [0.1, 0.15) is 0 Å². The van der Waals surface area contributed by atoms with Crippen LogP contribution in [0.25, 0.3) is 0 Å². The second-order valence-corrected chi connectivity index (χ2v) is 8.30. The van der Waals surface area contributed by atoms with Gasteiger partial charge in [-0.25, -0.2) is 0 Å². The fraction of sp³-hybridized carbons (Fsp3) is 0.696. The molecular weight excluding hydrogens is 352 g/mol. The summed E-state index contributed by atoms with van der Waals surface area (Å²) in [4.78, 5) is 15.3. The molecular formula is C23H36N2O3. The number of carbonyl (C=O) groups is 1. The second-order valence-electron chi connectivity index (χ2n) is 8.30. The van der Waals surface area contributed by atoms with E-state index < -0.39 is 0 Å². The summed E-state index contributed by atoms with van der Waals surface area (Å²) in [6.45, 7) is 3.20. The van der Waals surface area contributed by atoms with Crippen molar-refractivity contribution < 1.29 is 14.3 Å². The van der Waals surface area contributed by atoms with Crippen molar-refractivity contribution in [2.24, 2.45) is 0 Å². The van der Waals surface area contributed by atoms with Crippen LogP contribution in [0.15, 0.2) is 18.2 Å². The minimum Gasteiger partial charge on any atom is -0.493 e. The van der Waals surface area contributed by atoms with E-state index in [1.54, 1.807) is 14.2 Å². The van der Waals surface area contributed by atoms with Gasteiger partial charge in [-0.1, -0.05) is 31.7 Å². The lowest BCUT2D eigenvalue weighted by atomic mass is 9.79. The molecule has 0 radical (unpaired) electrons. The van der Waals surface area contributed by atoms with Crippen LogP contribution in [0.2, 0.25) is 0 Å². The van der Waals surface area contributed by atoms with Crippen LogP contribution in [0.3, 0.4) is 0 Å². The zero-order valence-corrected chi connectivity index (χ0v) is 17.6. The molecule has 1 aromatic rings. The lowest BCUT2D eigenvalue weighted by molar-refractivity contribution is -0.122. The van der Waals surface area contributed by atoms with Gasteiger partial charge in [-0.2, -0.15) is 0 Å². The third-order valence-corrected chi connectivity index (χ3v) is 6.51. The number of likely N-dealkylation sites (tertiary alicyclic amines) is 1. The van der Waals surface area contributed by atoms with Crippen molar-refractivity contribution >= 4 is 5.91 Å². The number of nitrogens with one attached hydrogen (secondary N) is 1. The lowest BCUT2D eigenvalue weighted by Gasteiger charge is -2.48. The second kappa shape index (κ2) is 10.1. The van der Waals surface area contributed by atoms with Crippen molar-refractivity contribution in [3.63, 3.8) is 0 Å². The van der Waals surface area contributed by atoms with Gasteiger partial charge in [0.2, 0.25) is 5.91 Å². The number of rotatable bonds is 8. The molecule has 1 aromatic carbocycles. The first-order chi connectivity index (χ1) is 13.7. The van der Waals surface area contributed by atoms with Gasteiger partial charge in [0, 0.05) is 18.5 Å². The molecule has 5 heteroatoms. The van der Waals surface area contributed by atoms with Gasteiger partial charge in [0.05, 0.1) is 14.2 Å². The van der Waals surface area contributed by atoms with Crippen molar-refractivity contribution in [1.29, 1.82) is 0 Å². The number of nitrogens with zero attached hydrogens (tertiary/aromatic N) is 1. The van der Waals surface area contributed by atoms with Crippen molar-refractivity contribution in [1.82, 2.24) is 10.2 Å². The third kappa shape index (κ3) is 5.19. The summed E-state index contributed by atoms with van der Waals surface area (Å²) in [5, 5.41) is 3.28. The Morgan fingerprint density at radius 3 is 2.36 bits per heavy atom. The van der Waals surface area contributed by atoms with E-state index in [2.05, 4.69) is 10.2 Å². The van der Waals surface area contributed by atoms with Crippen LogP contribution in [0, 0.1) is 0 Å². The molecule has 2 fully saturated rings. The molecule has 2 aliphatic rings. The van der Waals surface area contributed by atoms with Crippen molar-refractivity contribution in [2.75, 3.05) is 33.9 Å². The third-order valence-electron chi connectivity index (χ3n) is 6.51. The number of benzene rings is 1. The highest BCUT2D eigenvalue weighted by molar-refractivity contribution is 5.76. The Bertz CT molecular complexity index is 635. The van der Waals surface area contributed by atoms with Gasteiger partial charge in [0.25, 0.3) is 0 Å². The molecule has 1 saturated carbocycles. The van der Waals surface area contributed by atoms with Gasteiger partial charge < -0.3 is 14.8 Å². The number of hydrogen-bond acceptors (Lipinski definition) is 4. The zero-order valence-electron chi connectivity index (χ0n) is 17.6. The summed E-state index contributed by atoms with van der Waals surface area (Å²) in [6, 6.07) is 5.87. The molecule has 0 atom stereocenters. The average molecular weight is 389 g/mol. The number of ether oxygens (including phenoxy) is 2. The van der Waals surface area contributed by atoms with Gasteiger partial charge >= 0.3 is 0 Å². The molecule has 0 aromatic heterocycles. The minimum atomic E-state index is 0.150. The Morgan fingerprint density at radius 2 is 1.68 bits per heavy atom. The predicted molar refractivity (Wildman–Crippen MR) is 112 cm³/mol. The van der Waals surface area contributed by atoms with Crippen molar-refractivity contribution in [3.8, 4) is 11.5 Å². The highest BCUT2D eigenvalue weighted by atomic mass is 16.5. The van der Waals surface area contributed by atoms with Crippen LogP contribution in [0.5, 0.6) is 11.5 Å². The lowest BCUT2D eigenvalue weighted by Crippen LogP contribution is -2.58. The van der Waals surface area contributed by atoms with Gasteiger partial charge in [0.15, 0.2) is 11.5 Å². The molecule has 28 heavy (non-hydrogen) atoms. The van der Waals surface area contributed by atoms with Crippen LogP contribution in [-0.4, -0.2) is 50.2 Å². The van der Waals surface area contributed by atoms with E-state index in [1.807, 2.05) is 18.2 Å². The summed E-state index contributed by atoms with van der Waals surface area (Å²) in [5.74, 6) is 1.58. The summed E-state index contributed by atoms with van der Waals surface area (Å²) < 4.78 is 10.6. The molecule has 5 nitrogen and oxygen atoms in total. The smallest absolute Gasteiger partial charge is 0.220 e. The normalized spacial score (nSPS) is 19.8. The van der Waals surface area contributed by atoms with Gasteiger partial charge in [-0.05, 0) is 62.9 Å². The zero-order chi connectivity index (χ0) is 19.8. The number of amides is 1. The van der Waals surface area contributed by atoms with Crippen LogP contribution in [-0.2, 0) is 11.2 Å². The highest BCUT2D eigenvalue weighted by Gasteiger charge is 2.38. The van der Waals surface area contributed by atoms with Crippen LogP contribution >= 0.6 is 0 Å². The van der Waals surface area contributed by atoms with E-state index in [0.29, 0.717) is 18.6 Å². The molecule has 1 N–H and O–H groups in total. The van der Waals surface area contributed by atoms with Crippen LogP contribution in [0.1, 0.15) is 63.4 Å². The van der Waals surface area contributed by atoms with E-state index in [1.165, 1.54) is 64.5 Å². The Balaban J connectivity index is 1.53. The molecule has 1 amide bonds. The molecule has 1 saturated heterocycles. The van der Waals surface area contributed by atoms with Crippen LogP contribution < -0.4 is 14.8 Å². The standard InChI is InChI=1S/C23H36N2O3/c1-27-20-11-9-19(17-21(20)28-2)10-12-22(26)24-18-23(13-5-3-6-14-23)25-15-7-4-8-16-25/h9,11,17H,3-8,10,12-16,18H2,1-2H3,(H,24,26). The fourth-order valence-corrected chi connectivity index (χ4v) is 4.83. The largest absolute Gasteiger partial charge is 0.493 e. The minimum absolute atomic E-state index is 0.150. The molecule has 0 unspecified atom stereocenters. The topological polar surface area (TPSA) is 50.8 Å². The fourth-order valence-electron chi connectivity index (χ4n) is 4.83. The monoisotopic (exact) mass is 388 g/mol. The molecule has 1 aliphatic carbocycles.